The molecule has 0 bridgehead atoms. The van der Waals surface area contributed by atoms with Gasteiger partial charge in [-0.05, 0) is 13.8 Å². The van der Waals surface area contributed by atoms with E-state index >= 15 is 0 Å². The van der Waals surface area contributed by atoms with Gasteiger partial charge < -0.3 is 15.4 Å². The zero-order chi connectivity index (χ0) is 14.5. The molecule has 1 heterocycles. The summed E-state index contributed by atoms with van der Waals surface area (Å²) < 4.78 is -0.747. The Morgan fingerprint density at radius 2 is 2.32 bits per heavy atom. The zero-order valence-corrected chi connectivity index (χ0v) is 12.4. The van der Waals surface area contributed by atoms with Crippen molar-refractivity contribution in [2.24, 2.45) is 0 Å². The number of carbonyl (C=O) groups is 2. The zero-order valence-electron chi connectivity index (χ0n) is 10.7. The summed E-state index contributed by atoms with van der Waals surface area (Å²) in [6.45, 7) is 3.49. The molecule has 19 heavy (non-hydrogen) atoms. The lowest BCUT2D eigenvalue weighted by Gasteiger charge is -2.24. The average molecular weight is 303 g/mol. The third-order valence-electron chi connectivity index (χ3n) is 2.46. The molecule has 0 radical (unpaired) electrons. The van der Waals surface area contributed by atoms with E-state index in [1.807, 2.05) is 0 Å². The molecule has 0 fully saturated rings. The van der Waals surface area contributed by atoms with Gasteiger partial charge in [0, 0.05) is 18.1 Å². The molecule has 1 aromatic rings. The van der Waals surface area contributed by atoms with E-state index in [2.05, 4.69) is 27.9 Å². The van der Waals surface area contributed by atoms with Gasteiger partial charge in [0.05, 0.1) is 10.5 Å². The number of aliphatic carboxylic acids is 1. The third kappa shape index (κ3) is 4.79. The first-order chi connectivity index (χ1) is 8.86. The summed E-state index contributed by atoms with van der Waals surface area (Å²) in [5.41, 5.74) is 0. The second kappa shape index (κ2) is 6.85. The van der Waals surface area contributed by atoms with Gasteiger partial charge in [0.1, 0.15) is 11.9 Å². The van der Waals surface area contributed by atoms with Crippen LogP contribution in [0.4, 0.5) is 0 Å². The predicted molar refractivity (Wildman–Crippen MR) is 77.4 cm³/mol. The molecule has 0 aromatic carbocycles. The number of amides is 1. The number of hydrogen-bond acceptors (Lipinski definition) is 5. The number of carbonyl (C=O) groups excluding carboxylic acids is 1. The van der Waals surface area contributed by atoms with Crippen LogP contribution in [0.5, 0.6) is 0 Å². The lowest BCUT2D eigenvalue weighted by molar-refractivity contribution is -0.141. The maximum Gasteiger partial charge on any atom is 0.327 e. The number of rotatable bonds is 7. The third-order valence-corrected chi connectivity index (χ3v) is 4.15. The Labute approximate surface area is 121 Å². The summed E-state index contributed by atoms with van der Waals surface area (Å²) >= 11 is 5.29. The van der Waals surface area contributed by atoms with E-state index in [0.29, 0.717) is 5.75 Å². The van der Waals surface area contributed by atoms with Gasteiger partial charge in [-0.15, -0.1) is 11.8 Å². The van der Waals surface area contributed by atoms with Crippen LogP contribution in [0.25, 0.3) is 0 Å². The first-order valence-corrected chi connectivity index (χ1v) is 7.25. The fraction of sp³-hybridized carbons (Fsp3) is 0.545. The summed E-state index contributed by atoms with van der Waals surface area (Å²) in [7, 11) is 0. The van der Waals surface area contributed by atoms with Crippen LogP contribution in [-0.4, -0.2) is 43.5 Å². The quantitative estimate of drug-likeness (QED) is 0.562. The van der Waals surface area contributed by atoms with Gasteiger partial charge >= 0.3 is 5.97 Å². The van der Waals surface area contributed by atoms with Crippen LogP contribution in [0.15, 0.2) is 12.4 Å². The summed E-state index contributed by atoms with van der Waals surface area (Å²) in [5.74, 6) is -0.0398. The minimum Gasteiger partial charge on any atom is -0.480 e. The first-order valence-electron chi connectivity index (χ1n) is 5.63. The van der Waals surface area contributed by atoms with E-state index in [9.17, 15) is 9.59 Å². The van der Waals surface area contributed by atoms with Gasteiger partial charge in [-0.2, -0.15) is 12.6 Å². The Morgan fingerprint density at radius 1 is 1.63 bits per heavy atom. The van der Waals surface area contributed by atoms with Crippen molar-refractivity contribution >= 4 is 36.3 Å². The van der Waals surface area contributed by atoms with E-state index in [-0.39, 0.29) is 11.7 Å². The normalized spacial score (nSPS) is 13.0. The lowest BCUT2D eigenvalue weighted by Crippen LogP contribution is -2.49. The predicted octanol–water partition coefficient (Wildman–Crippen LogP) is 0.921. The highest BCUT2D eigenvalue weighted by molar-refractivity contribution is 8.00. The van der Waals surface area contributed by atoms with Crippen molar-refractivity contribution < 1.29 is 14.7 Å². The van der Waals surface area contributed by atoms with Crippen molar-refractivity contribution in [1.82, 2.24) is 15.3 Å². The van der Waals surface area contributed by atoms with Gasteiger partial charge in [-0.3, -0.25) is 4.79 Å². The SMILES string of the molecule is CC(C)(SCc1ncc[nH]1)C(=O)N[C@@H](CS)C(=O)O. The highest BCUT2D eigenvalue weighted by Crippen LogP contribution is 2.27. The summed E-state index contributed by atoms with van der Waals surface area (Å²) in [6.07, 6.45) is 3.36. The fourth-order valence-electron chi connectivity index (χ4n) is 1.21. The van der Waals surface area contributed by atoms with Crippen molar-refractivity contribution in [3.8, 4) is 0 Å². The second-order valence-electron chi connectivity index (χ2n) is 4.38. The standard InChI is InChI=1S/C11H17N3O3S2/c1-11(2,19-6-8-12-3-4-13-8)10(17)14-7(5-18)9(15)16/h3-4,7,18H,5-6H2,1-2H3,(H,12,13)(H,14,17)(H,15,16)/t7-/m0/s1. The van der Waals surface area contributed by atoms with Crippen molar-refractivity contribution in [3.63, 3.8) is 0 Å². The summed E-state index contributed by atoms with van der Waals surface area (Å²) in [4.78, 5) is 29.9. The van der Waals surface area contributed by atoms with Gasteiger partial charge in [-0.25, -0.2) is 9.78 Å². The topological polar surface area (TPSA) is 95.1 Å². The van der Waals surface area contributed by atoms with Crippen molar-refractivity contribution in [2.45, 2.75) is 30.4 Å². The van der Waals surface area contributed by atoms with E-state index < -0.39 is 16.8 Å². The first kappa shape index (κ1) is 15.9. The number of carboxylic acids is 1. The molecule has 0 aliphatic heterocycles. The molecule has 0 saturated heterocycles. The van der Waals surface area contributed by atoms with Crippen LogP contribution in [0.3, 0.4) is 0 Å². The maximum absolute atomic E-state index is 12.0. The molecule has 1 atom stereocenters. The Hall–Kier alpha value is -1.15. The fourth-order valence-corrected chi connectivity index (χ4v) is 2.30. The molecular weight excluding hydrogens is 286 g/mol. The van der Waals surface area contributed by atoms with Crippen LogP contribution in [0.2, 0.25) is 0 Å². The minimum atomic E-state index is -1.09. The number of imidazole rings is 1. The largest absolute Gasteiger partial charge is 0.480 e. The van der Waals surface area contributed by atoms with E-state index in [4.69, 9.17) is 5.11 Å². The lowest BCUT2D eigenvalue weighted by atomic mass is 10.2. The number of hydrogen-bond donors (Lipinski definition) is 4. The number of thiol groups is 1. The van der Waals surface area contributed by atoms with Crippen LogP contribution >= 0.6 is 24.4 Å². The molecule has 0 unspecified atom stereocenters. The number of carboxylic acid groups (broad SMARTS) is 1. The van der Waals surface area contributed by atoms with Gasteiger partial charge in [0.25, 0.3) is 0 Å². The van der Waals surface area contributed by atoms with Crippen LogP contribution in [-0.2, 0) is 15.3 Å². The highest BCUT2D eigenvalue weighted by atomic mass is 32.2. The Morgan fingerprint density at radius 3 is 2.79 bits per heavy atom. The summed E-state index contributed by atoms with van der Waals surface area (Å²) in [6, 6.07) is -0.973. The molecule has 0 spiro atoms. The molecule has 0 saturated carbocycles. The van der Waals surface area contributed by atoms with Crippen LogP contribution < -0.4 is 5.32 Å². The number of aromatic amines is 1. The monoisotopic (exact) mass is 303 g/mol. The highest BCUT2D eigenvalue weighted by Gasteiger charge is 2.31. The molecule has 3 N–H and O–H groups in total. The van der Waals surface area contributed by atoms with Gasteiger partial charge in [0.2, 0.25) is 5.91 Å². The molecule has 0 aliphatic rings. The summed E-state index contributed by atoms with van der Waals surface area (Å²) in [5, 5.41) is 11.4. The Bertz CT molecular complexity index is 434. The average Bonchev–Trinajstić information content (AvgIpc) is 2.85. The molecule has 1 rings (SSSR count). The maximum atomic E-state index is 12.0. The number of nitrogens with zero attached hydrogens (tertiary/aromatic N) is 1. The molecular formula is C11H17N3O3S2. The molecule has 8 heteroatoms. The van der Waals surface area contributed by atoms with E-state index in [1.54, 1.807) is 26.2 Å². The van der Waals surface area contributed by atoms with E-state index in [0.717, 1.165) is 5.82 Å². The van der Waals surface area contributed by atoms with E-state index in [1.165, 1.54) is 11.8 Å². The number of H-pyrrole nitrogens is 1. The molecule has 0 aliphatic carbocycles. The Balaban J connectivity index is 2.55. The number of thioether (sulfide) groups is 1. The second-order valence-corrected chi connectivity index (χ2v) is 6.34. The van der Waals surface area contributed by atoms with Crippen molar-refractivity contribution in [2.75, 3.05) is 5.75 Å². The minimum absolute atomic E-state index is 0.0556. The molecule has 1 aromatic heterocycles. The number of nitrogens with one attached hydrogen (secondary N) is 2. The van der Waals surface area contributed by atoms with Crippen LogP contribution in [0, 0.1) is 0 Å². The van der Waals surface area contributed by atoms with Gasteiger partial charge in [0.15, 0.2) is 0 Å². The van der Waals surface area contributed by atoms with Crippen LogP contribution in [0.1, 0.15) is 19.7 Å². The molecule has 6 nitrogen and oxygen atoms in total. The Kier molecular flexibility index (Phi) is 5.74. The van der Waals surface area contributed by atoms with Crippen molar-refractivity contribution in [3.05, 3.63) is 18.2 Å². The smallest absolute Gasteiger partial charge is 0.327 e. The molecule has 1 amide bonds. The number of aromatic nitrogens is 2. The van der Waals surface area contributed by atoms with Crippen molar-refractivity contribution in [1.29, 1.82) is 0 Å². The van der Waals surface area contributed by atoms with Gasteiger partial charge in [-0.1, -0.05) is 0 Å². The molecule has 106 valence electrons.